The van der Waals surface area contributed by atoms with Crippen LogP contribution in [0.25, 0.3) is 0 Å². The molecule has 0 amide bonds. The van der Waals surface area contributed by atoms with Crippen LogP contribution in [0.1, 0.15) is 32.4 Å². The van der Waals surface area contributed by atoms with Crippen molar-refractivity contribution < 1.29 is 8.78 Å². The van der Waals surface area contributed by atoms with Gasteiger partial charge in [-0.1, -0.05) is 13.8 Å². The van der Waals surface area contributed by atoms with Gasteiger partial charge in [0.2, 0.25) is 0 Å². The summed E-state index contributed by atoms with van der Waals surface area (Å²) in [6.07, 6.45) is 0. The van der Waals surface area contributed by atoms with Gasteiger partial charge in [0.25, 0.3) is 0 Å². The fourth-order valence-corrected chi connectivity index (χ4v) is 1.44. The summed E-state index contributed by atoms with van der Waals surface area (Å²) in [7, 11) is 0. The van der Waals surface area contributed by atoms with Gasteiger partial charge >= 0.3 is 0 Å². The molecule has 0 spiro atoms. The van der Waals surface area contributed by atoms with Gasteiger partial charge in [0.1, 0.15) is 11.6 Å². The van der Waals surface area contributed by atoms with Crippen LogP contribution in [-0.4, -0.2) is 6.04 Å². The number of halogens is 2. The third-order valence-electron chi connectivity index (χ3n) is 2.01. The molecule has 14 heavy (non-hydrogen) atoms. The lowest BCUT2D eigenvalue weighted by Gasteiger charge is -2.17. The normalized spacial score (nSPS) is 13.3. The largest absolute Gasteiger partial charge is 0.308 e. The molecule has 1 atom stereocenters. The van der Waals surface area contributed by atoms with Gasteiger partial charge in [-0.25, -0.2) is 8.78 Å². The molecule has 0 heterocycles. The van der Waals surface area contributed by atoms with Crippen molar-refractivity contribution in [2.75, 3.05) is 0 Å². The van der Waals surface area contributed by atoms with Crippen LogP contribution >= 0.6 is 0 Å². The first-order chi connectivity index (χ1) is 6.50. The highest BCUT2D eigenvalue weighted by Crippen LogP contribution is 2.18. The quantitative estimate of drug-likeness (QED) is 0.789. The maximum Gasteiger partial charge on any atom is 0.128 e. The van der Waals surface area contributed by atoms with Crippen LogP contribution in [0.15, 0.2) is 18.2 Å². The van der Waals surface area contributed by atoms with E-state index >= 15 is 0 Å². The maximum absolute atomic E-state index is 13.3. The van der Waals surface area contributed by atoms with Gasteiger partial charge in [0.15, 0.2) is 0 Å². The van der Waals surface area contributed by atoms with E-state index in [0.29, 0.717) is 5.56 Å². The van der Waals surface area contributed by atoms with E-state index in [9.17, 15) is 8.78 Å². The Hall–Kier alpha value is -0.960. The highest BCUT2D eigenvalue weighted by atomic mass is 19.1. The summed E-state index contributed by atoms with van der Waals surface area (Å²) in [6, 6.07) is 3.58. The minimum absolute atomic E-state index is 0.175. The molecule has 0 bridgehead atoms. The van der Waals surface area contributed by atoms with Crippen molar-refractivity contribution in [2.24, 2.45) is 0 Å². The Kier molecular flexibility index (Phi) is 3.58. The summed E-state index contributed by atoms with van der Waals surface area (Å²) in [6.45, 7) is 5.75. The molecule has 1 aromatic rings. The van der Waals surface area contributed by atoms with E-state index in [2.05, 4.69) is 5.32 Å². The molecular weight excluding hydrogens is 184 g/mol. The van der Waals surface area contributed by atoms with Crippen LogP contribution in [0.4, 0.5) is 8.78 Å². The second-order valence-corrected chi connectivity index (χ2v) is 3.71. The third kappa shape index (κ3) is 2.77. The summed E-state index contributed by atoms with van der Waals surface area (Å²) in [5, 5.41) is 3.12. The van der Waals surface area contributed by atoms with Crippen molar-refractivity contribution in [1.29, 1.82) is 0 Å². The summed E-state index contributed by atoms with van der Waals surface area (Å²) in [5.41, 5.74) is 0.374. The van der Waals surface area contributed by atoms with Crippen LogP contribution in [0.2, 0.25) is 0 Å². The van der Waals surface area contributed by atoms with Crippen molar-refractivity contribution in [3.8, 4) is 0 Å². The third-order valence-corrected chi connectivity index (χ3v) is 2.01. The average Bonchev–Trinajstić information content (AvgIpc) is 2.08. The predicted octanol–water partition coefficient (Wildman–Crippen LogP) is 3.02. The first-order valence-electron chi connectivity index (χ1n) is 4.71. The van der Waals surface area contributed by atoms with E-state index in [1.54, 1.807) is 0 Å². The van der Waals surface area contributed by atoms with E-state index in [1.807, 2.05) is 20.8 Å². The molecule has 0 aliphatic heterocycles. The van der Waals surface area contributed by atoms with Gasteiger partial charge in [-0.15, -0.1) is 0 Å². The molecule has 0 saturated heterocycles. The van der Waals surface area contributed by atoms with Crippen LogP contribution in [0.5, 0.6) is 0 Å². The van der Waals surface area contributed by atoms with E-state index in [0.717, 1.165) is 12.1 Å². The summed E-state index contributed by atoms with van der Waals surface area (Å²) in [5.74, 6) is -0.772. The number of nitrogens with one attached hydrogen (secondary N) is 1. The number of benzene rings is 1. The Balaban J connectivity index is 2.88. The molecule has 0 aliphatic rings. The van der Waals surface area contributed by atoms with Crippen molar-refractivity contribution in [1.82, 2.24) is 5.32 Å². The molecule has 0 aromatic heterocycles. The zero-order valence-corrected chi connectivity index (χ0v) is 8.64. The van der Waals surface area contributed by atoms with Crippen molar-refractivity contribution in [2.45, 2.75) is 32.9 Å². The molecule has 1 rings (SSSR count). The molecular formula is C11H15F2N. The molecule has 1 unspecified atom stereocenters. The molecule has 0 fully saturated rings. The standard InChI is InChI=1S/C11H15F2N/c1-7(2)14-8(3)10-6-9(12)4-5-11(10)13/h4-8,14H,1-3H3. The molecule has 0 radical (unpaired) electrons. The second kappa shape index (κ2) is 4.51. The maximum atomic E-state index is 13.3. The molecule has 78 valence electrons. The lowest BCUT2D eigenvalue weighted by Crippen LogP contribution is -2.26. The zero-order valence-electron chi connectivity index (χ0n) is 8.64. The first-order valence-corrected chi connectivity index (χ1v) is 4.71. The van der Waals surface area contributed by atoms with Crippen LogP contribution in [-0.2, 0) is 0 Å². The topological polar surface area (TPSA) is 12.0 Å². The second-order valence-electron chi connectivity index (χ2n) is 3.71. The Labute approximate surface area is 83.1 Å². The Bertz CT molecular complexity index is 310. The van der Waals surface area contributed by atoms with Crippen molar-refractivity contribution >= 4 is 0 Å². The SMILES string of the molecule is CC(C)NC(C)c1cc(F)ccc1F. The molecule has 0 aliphatic carbocycles. The van der Waals surface area contributed by atoms with Gasteiger partial charge in [-0.3, -0.25) is 0 Å². The summed E-state index contributed by atoms with van der Waals surface area (Å²) >= 11 is 0. The Morgan fingerprint density at radius 3 is 2.36 bits per heavy atom. The molecule has 1 N–H and O–H groups in total. The summed E-state index contributed by atoms with van der Waals surface area (Å²) < 4.78 is 26.1. The lowest BCUT2D eigenvalue weighted by molar-refractivity contribution is 0.478. The van der Waals surface area contributed by atoms with E-state index in [-0.39, 0.29) is 17.9 Å². The van der Waals surface area contributed by atoms with E-state index in [4.69, 9.17) is 0 Å². The van der Waals surface area contributed by atoms with Gasteiger partial charge in [0.05, 0.1) is 0 Å². The van der Waals surface area contributed by atoms with Crippen LogP contribution in [0, 0.1) is 11.6 Å². The summed E-state index contributed by atoms with van der Waals surface area (Å²) in [4.78, 5) is 0. The fourth-order valence-electron chi connectivity index (χ4n) is 1.44. The smallest absolute Gasteiger partial charge is 0.128 e. The average molecular weight is 199 g/mol. The Morgan fingerprint density at radius 1 is 1.14 bits per heavy atom. The molecule has 0 saturated carbocycles. The highest BCUT2D eigenvalue weighted by Gasteiger charge is 2.12. The van der Waals surface area contributed by atoms with Crippen molar-refractivity contribution in [3.63, 3.8) is 0 Å². The lowest BCUT2D eigenvalue weighted by atomic mass is 10.1. The Morgan fingerprint density at radius 2 is 1.79 bits per heavy atom. The number of hydrogen-bond acceptors (Lipinski definition) is 1. The fraction of sp³-hybridized carbons (Fsp3) is 0.455. The van der Waals surface area contributed by atoms with Crippen LogP contribution < -0.4 is 5.32 Å². The number of hydrogen-bond donors (Lipinski definition) is 1. The number of rotatable bonds is 3. The van der Waals surface area contributed by atoms with Gasteiger partial charge in [-0.2, -0.15) is 0 Å². The molecule has 1 nitrogen and oxygen atoms in total. The molecule has 1 aromatic carbocycles. The monoisotopic (exact) mass is 199 g/mol. The van der Waals surface area contributed by atoms with Crippen LogP contribution in [0.3, 0.4) is 0 Å². The minimum Gasteiger partial charge on any atom is -0.308 e. The van der Waals surface area contributed by atoms with Gasteiger partial charge in [-0.05, 0) is 25.1 Å². The van der Waals surface area contributed by atoms with E-state index in [1.165, 1.54) is 6.07 Å². The van der Waals surface area contributed by atoms with E-state index < -0.39 is 5.82 Å². The molecule has 3 heteroatoms. The predicted molar refractivity (Wildman–Crippen MR) is 53.0 cm³/mol. The van der Waals surface area contributed by atoms with Gasteiger partial charge < -0.3 is 5.32 Å². The first kappa shape index (κ1) is 11.1. The zero-order chi connectivity index (χ0) is 10.7. The minimum atomic E-state index is -0.404. The van der Waals surface area contributed by atoms with Gasteiger partial charge in [0, 0.05) is 17.6 Å². The highest BCUT2D eigenvalue weighted by molar-refractivity contribution is 5.21. The van der Waals surface area contributed by atoms with Crippen molar-refractivity contribution in [3.05, 3.63) is 35.4 Å².